The van der Waals surface area contributed by atoms with Gasteiger partial charge < -0.3 is 14.8 Å². The smallest absolute Gasteiger partial charge is 0.343 e. The average Bonchev–Trinajstić information content (AvgIpc) is 2.90. The first kappa shape index (κ1) is 24.6. The zero-order valence-corrected chi connectivity index (χ0v) is 20.6. The van der Waals surface area contributed by atoms with Crippen molar-refractivity contribution in [3.8, 4) is 11.5 Å². The molecule has 9 heteroatoms. The molecular formula is C27H20BrN3O5. The normalized spacial score (nSPS) is 10.7. The zero-order chi connectivity index (χ0) is 25.5. The number of carbonyl (C=O) groups is 3. The third-order valence-corrected chi connectivity index (χ3v) is 5.61. The van der Waals surface area contributed by atoms with E-state index in [0.29, 0.717) is 27.0 Å². The van der Waals surface area contributed by atoms with Gasteiger partial charge in [0.1, 0.15) is 11.5 Å². The second-order valence-electron chi connectivity index (χ2n) is 7.48. The largest absolute Gasteiger partial charge is 0.497 e. The number of hydrazone groups is 1. The second kappa shape index (κ2) is 11.3. The molecule has 2 N–H and O–H groups in total. The van der Waals surface area contributed by atoms with Gasteiger partial charge in [-0.25, -0.2) is 10.2 Å². The number of hydrogen-bond acceptors (Lipinski definition) is 6. The van der Waals surface area contributed by atoms with Crippen molar-refractivity contribution in [3.63, 3.8) is 0 Å². The molecule has 0 aliphatic carbocycles. The molecular weight excluding hydrogens is 526 g/mol. The van der Waals surface area contributed by atoms with E-state index in [1.807, 2.05) is 30.3 Å². The molecule has 0 aliphatic rings. The van der Waals surface area contributed by atoms with Crippen molar-refractivity contribution in [3.05, 3.63) is 101 Å². The number of hydrogen-bond donors (Lipinski definition) is 2. The number of nitrogens with one attached hydrogen (secondary N) is 2. The minimum Gasteiger partial charge on any atom is -0.497 e. The number of methoxy groups -OCH3 is 1. The van der Waals surface area contributed by atoms with Crippen molar-refractivity contribution in [2.75, 3.05) is 12.4 Å². The van der Waals surface area contributed by atoms with Crippen LogP contribution in [0.4, 0.5) is 5.69 Å². The first-order valence-electron chi connectivity index (χ1n) is 10.7. The predicted octanol–water partition coefficient (Wildman–Crippen LogP) is 4.92. The summed E-state index contributed by atoms with van der Waals surface area (Å²) in [7, 11) is 1.53. The predicted molar refractivity (Wildman–Crippen MR) is 140 cm³/mol. The molecule has 0 radical (unpaired) electrons. The number of nitrogens with zero attached hydrogens (tertiary/aromatic N) is 1. The Kier molecular flexibility index (Phi) is 7.72. The summed E-state index contributed by atoms with van der Waals surface area (Å²) in [5.41, 5.74) is 3.44. The number of carbonyl (C=O) groups excluding carboxylic acids is 3. The van der Waals surface area contributed by atoms with Crippen LogP contribution in [0.5, 0.6) is 11.5 Å². The molecule has 8 nitrogen and oxygen atoms in total. The number of fused-ring (bicyclic) bond motifs is 1. The Morgan fingerprint density at radius 1 is 0.889 bits per heavy atom. The van der Waals surface area contributed by atoms with Crippen LogP contribution in [-0.4, -0.2) is 31.1 Å². The highest BCUT2D eigenvalue weighted by molar-refractivity contribution is 9.10. The molecule has 0 spiro atoms. The van der Waals surface area contributed by atoms with Crippen molar-refractivity contribution in [2.45, 2.75) is 0 Å². The number of ether oxygens (including phenoxy) is 2. The lowest BCUT2D eigenvalue weighted by atomic mass is 10.1. The Bertz CT molecular complexity index is 1460. The molecule has 0 unspecified atom stereocenters. The van der Waals surface area contributed by atoms with Gasteiger partial charge in [-0.15, -0.1) is 0 Å². The molecule has 0 fully saturated rings. The molecule has 36 heavy (non-hydrogen) atoms. The second-order valence-corrected chi connectivity index (χ2v) is 8.40. The maximum absolute atomic E-state index is 12.5. The number of anilines is 1. The van der Waals surface area contributed by atoms with E-state index in [9.17, 15) is 14.4 Å². The molecule has 0 heterocycles. The topological polar surface area (TPSA) is 106 Å². The van der Waals surface area contributed by atoms with Crippen LogP contribution in [0.1, 0.15) is 15.9 Å². The molecule has 4 aromatic carbocycles. The fraction of sp³-hybridized carbons (Fsp3) is 0.0370. The van der Waals surface area contributed by atoms with E-state index < -0.39 is 17.8 Å². The molecule has 4 aromatic rings. The summed E-state index contributed by atoms with van der Waals surface area (Å²) in [4.78, 5) is 37.2. The van der Waals surface area contributed by atoms with Gasteiger partial charge in [0.2, 0.25) is 0 Å². The number of rotatable bonds is 6. The quantitative estimate of drug-likeness (QED) is 0.117. The molecule has 0 aliphatic heterocycles. The standard InChI is InChI=1S/C27H20BrN3O5/c1-35-21-12-9-18(10-13-21)27(34)36-24-14-11-20(28)15-19(24)16-29-31-26(33)25(32)30-23-8-4-6-17-5-2-3-7-22(17)23/h2-16H,1H3,(H,30,32)(H,31,33). The van der Waals surface area contributed by atoms with E-state index in [1.54, 1.807) is 54.6 Å². The fourth-order valence-corrected chi connectivity index (χ4v) is 3.70. The maximum Gasteiger partial charge on any atom is 0.343 e. The first-order chi connectivity index (χ1) is 17.4. The Hall–Kier alpha value is -4.50. The summed E-state index contributed by atoms with van der Waals surface area (Å²) < 4.78 is 11.3. The van der Waals surface area contributed by atoms with Gasteiger partial charge in [-0.1, -0.05) is 52.3 Å². The van der Waals surface area contributed by atoms with E-state index in [0.717, 1.165) is 10.8 Å². The Balaban J connectivity index is 1.42. The molecule has 0 bridgehead atoms. The minimum atomic E-state index is -0.953. The van der Waals surface area contributed by atoms with Crippen LogP contribution in [-0.2, 0) is 9.59 Å². The molecule has 0 saturated carbocycles. The molecule has 180 valence electrons. The maximum atomic E-state index is 12.5. The van der Waals surface area contributed by atoms with Crippen LogP contribution < -0.4 is 20.2 Å². The zero-order valence-electron chi connectivity index (χ0n) is 19.0. The number of amides is 2. The SMILES string of the molecule is COc1ccc(C(=O)Oc2ccc(Br)cc2C=NNC(=O)C(=O)Nc2cccc3ccccc23)cc1. The van der Waals surface area contributed by atoms with Crippen LogP contribution in [0.25, 0.3) is 10.8 Å². The summed E-state index contributed by atoms with van der Waals surface area (Å²) in [5, 5.41) is 8.19. The van der Waals surface area contributed by atoms with E-state index in [-0.39, 0.29) is 5.75 Å². The van der Waals surface area contributed by atoms with E-state index in [1.165, 1.54) is 13.3 Å². The van der Waals surface area contributed by atoms with Crippen LogP contribution in [0.3, 0.4) is 0 Å². The Morgan fingerprint density at radius 2 is 1.64 bits per heavy atom. The molecule has 0 saturated heterocycles. The van der Waals surface area contributed by atoms with Gasteiger partial charge in [0.25, 0.3) is 0 Å². The van der Waals surface area contributed by atoms with Crippen molar-refractivity contribution >= 4 is 56.4 Å². The van der Waals surface area contributed by atoms with Gasteiger partial charge >= 0.3 is 17.8 Å². The minimum absolute atomic E-state index is 0.220. The van der Waals surface area contributed by atoms with Crippen LogP contribution in [0, 0.1) is 0 Å². The monoisotopic (exact) mass is 545 g/mol. The van der Waals surface area contributed by atoms with Gasteiger partial charge in [-0.05, 0) is 53.9 Å². The summed E-state index contributed by atoms with van der Waals surface area (Å²) >= 11 is 3.36. The van der Waals surface area contributed by atoms with Gasteiger partial charge in [0, 0.05) is 21.1 Å². The highest BCUT2D eigenvalue weighted by Gasteiger charge is 2.15. The summed E-state index contributed by atoms with van der Waals surface area (Å²) in [6, 6.07) is 24.3. The summed E-state index contributed by atoms with van der Waals surface area (Å²) in [5.74, 6) is -1.57. The lowest BCUT2D eigenvalue weighted by Gasteiger charge is -2.09. The van der Waals surface area contributed by atoms with Crippen molar-refractivity contribution in [1.82, 2.24) is 5.43 Å². The third-order valence-electron chi connectivity index (χ3n) is 5.11. The third kappa shape index (κ3) is 5.94. The van der Waals surface area contributed by atoms with Gasteiger partial charge in [-0.3, -0.25) is 9.59 Å². The van der Waals surface area contributed by atoms with Crippen molar-refractivity contribution in [1.29, 1.82) is 0 Å². The first-order valence-corrected chi connectivity index (χ1v) is 11.5. The average molecular weight is 546 g/mol. The van der Waals surface area contributed by atoms with Crippen molar-refractivity contribution in [2.24, 2.45) is 5.10 Å². The van der Waals surface area contributed by atoms with Crippen molar-refractivity contribution < 1.29 is 23.9 Å². The van der Waals surface area contributed by atoms with Crippen LogP contribution in [0.15, 0.2) is 94.5 Å². The number of esters is 1. The highest BCUT2D eigenvalue weighted by atomic mass is 79.9. The summed E-state index contributed by atoms with van der Waals surface area (Å²) in [6.07, 6.45) is 1.28. The van der Waals surface area contributed by atoms with Gasteiger partial charge in [0.05, 0.1) is 18.9 Å². The van der Waals surface area contributed by atoms with Gasteiger partial charge in [0.15, 0.2) is 0 Å². The number of halogens is 1. The Morgan fingerprint density at radius 3 is 2.42 bits per heavy atom. The van der Waals surface area contributed by atoms with E-state index >= 15 is 0 Å². The van der Waals surface area contributed by atoms with E-state index in [2.05, 4.69) is 31.8 Å². The molecule has 4 rings (SSSR count). The highest BCUT2D eigenvalue weighted by Crippen LogP contribution is 2.24. The molecule has 0 aromatic heterocycles. The molecule has 0 atom stereocenters. The van der Waals surface area contributed by atoms with Crippen LogP contribution in [0.2, 0.25) is 0 Å². The van der Waals surface area contributed by atoms with Crippen LogP contribution >= 0.6 is 15.9 Å². The van der Waals surface area contributed by atoms with E-state index in [4.69, 9.17) is 9.47 Å². The fourth-order valence-electron chi connectivity index (χ4n) is 3.32. The lowest BCUT2D eigenvalue weighted by Crippen LogP contribution is -2.32. The van der Waals surface area contributed by atoms with Gasteiger partial charge in [-0.2, -0.15) is 5.10 Å². The summed E-state index contributed by atoms with van der Waals surface area (Å²) in [6.45, 7) is 0. The Labute approximate surface area is 215 Å². The lowest BCUT2D eigenvalue weighted by molar-refractivity contribution is -0.136. The molecule has 2 amide bonds. The number of benzene rings is 4.